The predicted octanol–water partition coefficient (Wildman–Crippen LogP) is 3.26. The highest BCUT2D eigenvalue weighted by Crippen LogP contribution is 2.22. The molecule has 134 valence electrons. The van der Waals surface area contributed by atoms with Gasteiger partial charge in [-0.3, -0.25) is 4.90 Å². The molecule has 5 nitrogen and oxygen atoms in total. The van der Waals surface area contributed by atoms with E-state index in [1.54, 1.807) is 6.92 Å². The molecule has 1 aromatic carbocycles. The van der Waals surface area contributed by atoms with Crippen LogP contribution in [-0.4, -0.2) is 43.3 Å². The Hall–Kier alpha value is -2.11. The minimum atomic E-state index is -0.337. The maximum Gasteiger partial charge on any atom is 0.342 e. The van der Waals surface area contributed by atoms with Gasteiger partial charge in [0.05, 0.1) is 6.61 Å². The average molecular weight is 343 g/mol. The van der Waals surface area contributed by atoms with Crippen molar-refractivity contribution in [1.82, 2.24) is 4.90 Å². The quantitative estimate of drug-likeness (QED) is 0.780. The van der Waals surface area contributed by atoms with E-state index in [4.69, 9.17) is 13.9 Å². The van der Waals surface area contributed by atoms with Crippen LogP contribution in [0.4, 0.5) is 0 Å². The number of aryl methyl sites for hydroxylation is 2. The van der Waals surface area contributed by atoms with Crippen LogP contribution < -0.4 is 0 Å². The van der Waals surface area contributed by atoms with Crippen LogP contribution in [0.15, 0.2) is 34.7 Å². The molecule has 0 amide bonds. The lowest BCUT2D eigenvalue weighted by atomic mass is 10.1. The molecule has 1 fully saturated rings. The molecule has 1 aliphatic heterocycles. The van der Waals surface area contributed by atoms with Gasteiger partial charge in [-0.1, -0.05) is 30.3 Å². The van der Waals surface area contributed by atoms with Gasteiger partial charge in [-0.2, -0.15) is 0 Å². The summed E-state index contributed by atoms with van der Waals surface area (Å²) in [4.78, 5) is 14.7. The SMILES string of the molecule is Cc1oc(C)c(C(=O)OCC2CN(Cc3ccccc3)CCO2)c1C. The number of hydrogen-bond donors (Lipinski definition) is 0. The molecule has 0 aliphatic carbocycles. The number of nitrogens with zero attached hydrogens (tertiary/aromatic N) is 1. The van der Waals surface area contributed by atoms with Gasteiger partial charge in [0, 0.05) is 25.2 Å². The third kappa shape index (κ3) is 4.30. The number of carbonyl (C=O) groups excluding carboxylic acids is 1. The molecular weight excluding hydrogens is 318 g/mol. The third-order valence-corrected chi connectivity index (χ3v) is 4.64. The average Bonchev–Trinajstić information content (AvgIpc) is 2.86. The van der Waals surface area contributed by atoms with Crippen molar-refractivity contribution >= 4 is 5.97 Å². The zero-order chi connectivity index (χ0) is 17.8. The standard InChI is InChI=1S/C20H25NO4/c1-14-15(2)25-16(3)19(14)20(22)24-13-18-12-21(9-10-23-18)11-17-7-5-4-6-8-17/h4-8,18H,9-13H2,1-3H3. The maximum absolute atomic E-state index is 12.4. The predicted molar refractivity (Wildman–Crippen MR) is 94.7 cm³/mol. The van der Waals surface area contributed by atoms with E-state index >= 15 is 0 Å². The number of morpholine rings is 1. The largest absolute Gasteiger partial charge is 0.465 e. The molecule has 0 spiro atoms. The molecule has 0 N–H and O–H groups in total. The molecule has 0 bridgehead atoms. The molecule has 1 aliphatic rings. The van der Waals surface area contributed by atoms with Crippen molar-refractivity contribution in [3.8, 4) is 0 Å². The molecular formula is C20H25NO4. The topological polar surface area (TPSA) is 51.9 Å². The third-order valence-electron chi connectivity index (χ3n) is 4.64. The summed E-state index contributed by atoms with van der Waals surface area (Å²) in [6.07, 6.45) is -0.102. The van der Waals surface area contributed by atoms with Crippen molar-refractivity contribution in [3.05, 3.63) is 58.5 Å². The molecule has 1 unspecified atom stereocenters. The van der Waals surface area contributed by atoms with Crippen molar-refractivity contribution in [2.24, 2.45) is 0 Å². The fourth-order valence-corrected chi connectivity index (χ4v) is 3.20. The molecule has 25 heavy (non-hydrogen) atoms. The highest BCUT2D eigenvalue weighted by molar-refractivity contribution is 5.92. The van der Waals surface area contributed by atoms with E-state index < -0.39 is 0 Å². The van der Waals surface area contributed by atoms with E-state index in [1.165, 1.54) is 5.56 Å². The van der Waals surface area contributed by atoms with E-state index in [9.17, 15) is 4.79 Å². The first kappa shape index (κ1) is 17.7. The molecule has 1 atom stereocenters. The fourth-order valence-electron chi connectivity index (χ4n) is 3.20. The summed E-state index contributed by atoms with van der Waals surface area (Å²) in [6.45, 7) is 8.95. The van der Waals surface area contributed by atoms with Gasteiger partial charge in [-0.05, 0) is 26.3 Å². The van der Waals surface area contributed by atoms with Crippen LogP contribution in [0.5, 0.6) is 0 Å². The summed E-state index contributed by atoms with van der Waals surface area (Å²) < 4.78 is 16.7. The Kier molecular flexibility index (Phi) is 5.56. The normalized spacial score (nSPS) is 18.3. The highest BCUT2D eigenvalue weighted by atomic mass is 16.6. The summed E-state index contributed by atoms with van der Waals surface area (Å²) in [6, 6.07) is 10.4. The Morgan fingerprint density at radius 1 is 1.20 bits per heavy atom. The maximum atomic E-state index is 12.4. The van der Waals surface area contributed by atoms with Crippen LogP contribution in [0.1, 0.15) is 33.0 Å². The minimum Gasteiger partial charge on any atom is -0.465 e. The van der Waals surface area contributed by atoms with E-state index in [2.05, 4.69) is 17.0 Å². The van der Waals surface area contributed by atoms with Gasteiger partial charge in [-0.15, -0.1) is 0 Å². The van der Waals surface area contributed by atoms with Crippen molar-refractivity contribution < 1.29 is 18.7 Å². The Morgan fingerprint density at radius 2 is 1.96 bits per heavy atom. The zero-order valence-corrected chi connectivity index (χ0v) is 15.1. The van der Waals surface area contributed by atoms with Gasteiger partial charge in [0.25, 0.3) is 0 Å². The minimum absolute atomic E-state index is 0.102. The number of benzene rings is 1. The lowest BCUT2D eigenvalue weighted by Gasteiger charge is -2.32. The molecule has 1 saturated heterocycles. The highest BCUT2D eigenvalue weighted by Gasteiger charge is 2.24. The summed E-state index contributed by atoms with van der Waals surface area (Å²) in [5.74, 6) is 1.03. The van der Waals surface area contributed by atoms with E-state index in [0.29, 0.717) is 17.9 Å². The van der Waals surface area contributed by atoms with Crippen LogP contribution in [0.25, 0.3) is 0 Å². The Morgan fingerprint density at radius 3 is 2.64 bits per heavy atom. The number of hydrogen-bond acceptors (Lipinski definition) is 5. The second-order valence-electron chi connectivity index (χ2n) is 6.53. The molecule has 5 heteroatoms. The lowest BCUT2D eigenvalue weighted by molar-refractivity contribution is -0.0612. The molecule has 0 radical (unpaired) electrons. The van der Waals surface area contributed by atoms with Gasteiger partial charge in [0.15, 0.2) is 0 Å². The number of esters is 1. The first-order valence-corrected chi connectivity index (χ1v) is 8.66. The smallest absolute Gasteiger partial charge is 0.342 e. The molecule has 1 aromatic heterocycles. The van der Waals surface area contributed by atoms with E-state index in [-0.39, 0.29) is 18.7 Å². The second kappa shape index (κ2) is 7.85. The Labute approximate surface area is 148 Å². The Balaban J connectivity index is 1.53. The van der Waals surface area contributed by atoms with Crippen molar-refractivity contribution in [2.45, 2.75) is 33.4 Å². The first-order chi connectivity index (χ1) is 12.0. The first-order valence-electron chi connectivity index (χ1n) is 8.66. The van der Waals surface area contributed by atoms with Gasteiger partial charge in [0.2, 0.25) is 0 Å². The van der Waals surface area contributed by atoms with Crippen LogP contribution in [0.2, 0.25) is 0 Å². The summed E-state index contributed by atoms with van der Waals surface area (Å²) >= 11 is 0. The van der Waals surface area contributed by atoms with E-state index in [0.717, 1.165) is 31.0 Å². The van der Waals surface area contributed by atoms with Gasteiger partial charge in [-0.25, -0.2) is 4.79 Å². The van der Waals surface area contributed by atoms with Crippen LogP contribution in [-0.2, 0) is 16.0 Å². The second-order valence-corrected chi connectivity index (χ2v) is 6.53. The van der Waals surface area contributed by atoms with Crippen LogP contribution in [0, 0.1) is 20.8 Å². The van der Waals surface area contributed by atoms with Crippen molar-refractivity contribution in [2.75, 3.05) is 26.3 Å². The van der Waals surface area contributed by atoms with Gasteiger partial charge < -0.3 is 13.9 Å². The summed E-state index contributed by atoms with van der Waals surface area (Å²) in [5.41, 5.74) is 2.66. The van der Waals surface area contributed by atoms with Crippen molar-refractivity contribution in [1.29, 1.82) is 0 Å². The summed E-state index contributed by atoms with van der Waals surface area (Å²) in [5, 5.41) is 0. The molecule has 2 heterocycles. The molecule has 2 aromatic rings. The lowest BCUT2D eigenvalue weighted by Crippen LogP contribution is -2.44. The van der Waals surface area contributed by atoms with Gasteiger partial charge in [0.1, 0.15) is 29.8 Å². The van der Waals surface area contributed by atoms with Crippen LogP contribution >= 0.6 is 0 Å². The van der Waals surface area contributed by atoms with E-state index in [1.807, 2.05) is 32.0 Å². The van der Waals surface area contributed by atoms with Crippen molar-refractivity contribution in [3.63, 3.8) is 0 Å². The van der Waals surface area contributed by atoms with Gasteiger partial charge >= 0.3 is 5.97 Å². The number of rotatable bonds is 5. The molecule has 0 saturated carbocycles. The number of ether oxygens (including phenoxy) is 2. The number of carbonyl (C=O) groups is 1. The van der Waals surface area contributed by atoms with Crippen LogP contribution in [0.3, 0.4) is 0 Å². The monoisotopic (exact) mass is 343 g/mol. The summed E-state index contributed by atoms with van der Waals surface area (Å²) in [7, 11) is 0. The fraction of sp³-hybridized carbons (Fsp3) is 0.450. The zero-order valence-electron chi connectivity index (χ0n) is 15.1. The number of furan rings is 1. The Bertz CT molecular complexity index is 723. The molecule has 3 rings (SSSR count).